The van der Waals surface area contributed by atoms with Gasteiger partial charge in [0.05, 0.1) is 4.92 Å². The van der Waals surface area contributed by atoms with Gasteiger partial charge in [0.25, 0.3) is 17.5 Å². The molecular formula is C25H23N3O5. The summed E-state index contributed by atoms with van der Waals surface area (Å²) in [6.45, 7) is 2.09. The summed E-state index contributed by atoms with van der Waals surface area (Å²) in [6, 6.07) is 22.4. The average molecular weight is 445 g/mol. The number of benzene rings is 3. The van der Waals surface area contributed by atoms with Crippen LogP contribution < -0.4 is 4.74 Å². The molecule has 0 radical (unpaired) electrons. The van der Waals surface area contributed by atoms with Gasteiger partial charge < -0.3 is 14.5 Å². The van der Waals surface area contributed by atoms with Gasteiger partial charge in [0, 0.05) is 49.4 Å². The van der Waals surface area contributed by atoms with E-state index in [1.54, 1.807) is 21.9 Å². The van der Waals surface area contributed by atoms with Crippen LogP contribution in [0.4, 0.5) is 5.69 Å². The van der Waals surface area contributed by atoms with Gasteiger partial charge in [-0.3, -0.25) is 19.7 Å². The monoisotopic (exact) mass is 445 g/mol. The van der Waals surface area contributed by atoms with Crippen molar-refractivity contribution in [2.75, 3.05) is 26.2 Å². The number of nitro benzene ring substituents is 1. The Labute approximate surface area is 191 Å². The number of nitro groups is 1. The molecule has 1 saturated heterocycles. The lowest BCUT2D eigenvalue weighted by Crippen LogP contribution is -2.50. The van der Waals surface area contributed by atoms with Crippen LogP contribution in [0.2, 0.25) is 0 Å². The van der Waals surface area contributed by atoms with Gasteiger partial charge in [0.2, 0.25) is 0 Å². The highest BCUT2D eigenvalue weighted by Gasteiger charge is 2.25. The van der Waals surface area contributed by atoms with Crippen molar-refractivity contribution in [1.82, 2.24) is 9.80 Å². The van der Waals surface area contributed by atoms with E-state index in [1.165, 1.54) is 24.3 Å². The van der Waals surface area contributed by atoms with Gasteiger partial charge in [0.15, 0.2) is 0 Å². The molecule has 1 aliphatic rings. The summed E-state index contributed by atoms with van der Waals surface area (Å²) in [5.74, 6) is 0.520. The Balaban J connectivity index is 1.29. The Kier molecular flexibility index (Phi) is 6.64. The maximum atomic E-state index is 12.9. The first-order valence-corrected chi connectivity index (χ1v) is 10.6. The second kappa shape index (κ2) is 9.95. The van der Waals surface area contributed by atoms with Crippen molar-refractivity contribution in [1.29, 1.82) is 0 Å². The minimum Gasteiger partial charge on any atom is -0.489 e. The minimum absolute atomic E-state index is 0.0559. The average Bonchev–Trinajstić information content (AvgIpc) is 2.87. The SMILES string of the molecule is O=C(c1ccc(COc2ccccc2)cc1)N1CCN(C(=O)c2ccc([N+](=O)[O-])cc2)CC1. The highest BCUT2D eigenvalue weighted by Crippen LogP contribution is 2.17. The summed E-state index contributed by atoms with van der Waals surface area (Å²) in [5.41, 5.74) is 1.90. The first kappa shape index (κ1) is 22.0. The Morgan fingerprint density at radius 3 is 1.73 bits per heavy atom. The number of piperazine rings is 1. The van der Waals surface area contributed by atoms with E-state index in [0.29, 0.717) is 43.9 Å². The molecule has 33 heavy (non-hydrogen) atoms. The van der Waals surface area contributed by atoms with Crippen LogP contribution in [-0.2, 0) is 6.61 Å². The Morgan fingerprint density at radius 1 is 0.758 bits per heavy atom. The number of ether oxygens (including phenoxy) is 1. The zero-order valence-electron chi connectivity index (χ0n) is 17.9. The molecule has 8 heteroatoms. The van der Waals surface area contributed by atoms with Crippen LogP contribution in [0.15, 0.2) is 78.9 Å². The van der Waals surface area contributed by atoms with Crippen molar-refractivity contribution in [3.8, 4) is 5.75 Å². The summed E-state index contributed by atoms with van der Waals surface area (Å²) in [5, 5.41) is 10.8. The van der Waals surface area contributed by atoms with Crippen LogP contribution in [0.5, 0.6) is 5.75 Å². The fourth-order valence-electron chi connectivity index (χ4n) is 3.63. The van der Waals surface area contributed by atoms with Gasteiger partial charge in [-0.25, -0.2) is 0 Å². The van der Waals surface area contributed by atoms with Crippen LogP contribution in [0.1, 0.15) is 26.3 Å². The Hall–Kier alpha value is -4.20. The van der Waals surface area contributed by atoms with Crippen LogP contribution in [0, 0.1) is 10.1 Å². The predicted octanol–water partition coefficient (Wildman–Crippen LogP) is 3.77. The molecule has 1 fully saturated rings. The van der Waals surface area contributed by atoms with E-state index in [4.69, 9.17) is 4.74 Å². The number of carbonyl (C=O) groups excluding carboxylic acids is 2. The molecule has 0 bridgehead atoms. The fourth-order valence-corrected chi connectivity index (χ4v) is 3.63. The molecule has 0 aliphatic carbocycles. The van der Waals surface area contributed by atoms with Crippen molar-refractivity contribution in [3.63, 3.8) is 0 Å². The molecule has 0 aromatic heterocycles. The second-order valence-electron chi connectivity index (χ2n) is 7.69. The third-order valence-electron chi connectivity index (χ3n) is 5.53. The van der Waals surface area contributed by atoms with Gasteiger partial charge in [0.1, 0.15) is 12.4 Å². The van der Waals surface area contributed by atoms with Crippen molar-refractivity contribution < 1.29 is 19.2 Å². The standard InChI is InChI=1S/C25H23N3O5/c29-24(20-8-6-19(7-9-20)18-33-23-4-2-1-3-5-23)26-14-16-27(17-15-26)25(30)21-10-12-22(13-11-21)28(31)32/h1-13H,14-18H2. The van der Waals surface area contributed by atoms with Crippen molar-refractivity contribution in [3.05, 3.63) is 106 Å². The molecular weight excluding hydrogens is 422 g/mol. The highest BCUT2D eigenvalue weighted by molar-refractivity contribution is 5.96. The fraction of sp³-hybridized carbons (Fsp3) is 0.200. The number of hydrogen-bond donors (Lipinski definition) is 0. The number of hydrogen-bond acceptors (Lipinski definition) is 5. The molecule has 1 aliphatic heterocycles. The zero-order chi connectivity index (χ0) is 23.2. The normalized spacial score (nSPS) is 13.5. The quantitative estimate of drug-likeness (QED) is 0.425. The van der Waals surface area contributed by atoms with E-state index in [1.807, 2.05) is 42.5 Å². The third kappa shape index (κ3) is 5.35. The molecule has 3 aromatic rings. The number of non-ortho nitro benzene ring substituents is 1. The second-order valence-corrected chi connectivity index (χ2v) is 7.69. The lowest BCUT2D eigenvalue weighted by Gasteiger charge is -2.34. The smallest absolute Gasteiger partial charge is 0.269 e. The zero-order valence-corrected chi connectivity index (χ0v) is 17.9. The van der Waals surface area contributed by atoms with Gasteiger partial charge >= 0.3 is 0 Å². The number of amides is 2. The molecule has 0 unspecified atom stereocenters. The molecule has 8 nitrogen and oxygen atoms in total. The van der Waals surface area contributed by atoms with Crippen molar-refractivity contribution in [2.24, 2.45) is 0 Å². The number of nitrogens with zero attached hydrogens (tertiary/aromatic N) is 3. The minimum atomic E-state index is -0.499. The molecule has 0 atom stereocenters. The molecule has 2 amide bonds. The third-order valence-corrected chi connectivity index (χ3v) is 5.53. The number of rotatable bonds is 6. The van der Waals surface area contributed by atoms with E-state index in [9.17, 15) is 19.7 Å². The molecule has 1 heterocycles. The van der Waals surface area contributed by atoms with Gasteiger partial charge in [-0.15, -0.1) is 0 Å². The van der Waals surface area contributed by atoms with Crippen LogP contribution in [0.3, 0.4) is 0 Å². The van der Waals surface area contributed by atoms with E-state index in [0.717, 1.165) is 11.3 Å². The maximum Gasteiger partial charge on any atom is 0.269 e. The molecule has 0 saturated carbocycles. The topological polar surface area (TPSA) is 93.0 Å². The summed E-state index contributed by atoms with van der Waals surface area (Å²) in [7, 11) is 0. The van der Waals surface area contributed by atoms with Crippen LogP contribution in [-0.4, -0.2) is 52.7 Å². The molecule has 3 aromatic carbocycles. The summed E-state index contributed by atoms with van der Waals surface area (Å²) in [6.07, 6.45) is 0. The molecule has 4 rings (SSSR count). The summed E-state index contributed by atoms with van der Waals surface area (Å²) >= 11 is 0. The largest absolute Gasteiger partial charge is 0.489 e. The van der Waals surface area contributed by atoms with Crippen molar-refractivity contribution >= 4 is 17.5 Å². The summed E-state index contributed by atoms with van der Waals surface area (Å²) in [4.78, 5) is 39.2. The lowest BCUT2D eigenvalue weighted by molar-refractivity contribution is -0.384. The van der Waals surface area contributed by atoms with E-state index in [-0.39, 0.29) is 17.5 Å². The predicted molar refractivity (Wildman–Crippen MR) is 122 cm³/mol. The van der Waals surface area contributed by atoms with Gasteiger partial charge in [-0.1, -0.05) is 30.3 Å². The number of carbonyl (C=O) groups is 2. The van der Waals surface area contributed by atoms with Gasteiger partial charge in [-0.2, -0.15) is 0 Å². The molecule has 0 N–H and O–H groups in total. The van der Waals surface area contributed by atoms with Crippen molar-refractivity contribution in [2.45, 2.75) is 6.61 Å². The van der Waals surface area contributed by atoms with E-state index < -0.39 is 4.92 Å². The first-order chi connectivity index (χ1) is 16.0. The Morgan fingerprint density at radius 2 is 1.24 bits per heavy atom. The van der Waals surface area contributed by atoms with Crippen LogP contribution >= 0.6 is 0 Å². The van der Waals surface area contributed by atoms with E-state index in [2.05, 4.69) is 0 Å². The molecule has 0 spiro atoms. The Bertz CT molecular complexity index is 1120. The summed E-state index contributed by atoms with van der Waals surface area (Å²) < 4.78 is 5.73. The van der Waals surface area contributed by atoms with E-state index >= 15 is 0 Å². The first-order valence-electron chi connectivity index (χ1n) is 10.6. The van der Waals surface area contributed by atoms with Gasteiger partial charge in [-0.05, 0) is 42.0 Å². The van der Waals surface area contributed by atoms with Crippen LogP contribution in [0.25, 0.3) is 0 Å². The lowest BCUT2D eigenvalue weighted by atomic mass is 10.1. The highest BCUT2D eigenvalue weighted by atomic mass is 16.6. The maximum absolute atomic E-state index is 12.9. The molecule has 168 valence electrons. The number of para-hydroxylation sites is 1.